The highest BCUT2D eigenvalue weighted by Gasteiger charge is 2.13. The molecule has 19 heavy (non-hydrogen) atoms. The van der Waals surface area contributed by atoms with Crippen LogP contribution in [0.15, 0.2) is 12.4 Å². The number of aryl methyl sites for hydroxylation is 1. The van der Waals surface area contributed by atoms with Crippen molar-refractivity contribution in [3.8, 4) is 0 Å². The highest BCUT2D eigenvalue weighted by atomic mass is 16.5. The van der Waals surface area contributed by atoms with E-state index in [2.05, 4.69) is 34.8 Å². The van der Waals surface area contributed by atoms with Gasteiger partial charge in [0, 0.05) is 32.0 Å². The summed E-state index contributed by atoms with van der Waals surface area (Å²) in [5, 5.41) is 0. The van der Waals surface area contributed by atoms with Crippen LogP contribution < -0.4 is 10.6 Å². The first-order chi connectivity index (χ1) is 9.24. The van der Waals surface area contributed by atoms with Gasteiger partial charge >= 0.3 is 0 Å². The van der Waals surface area contributed by atoms with Gasteiger partial charge in [-0.15, -0.1) is 0 Å². The topological polar surface area (TPSA) is 64.3 Å². The van der Waals surface area contributed by atoms with Gasteiger partial charge in [0.1, 0.15) is 12.1 Å². The summed E-state index contributed by atoms with van der Waals surface area (Å²) in [4.78, 5) is 10.9. The second-order valence-corrected chi connectivity index (χ2v) is 4.56. The van der Waals surface area contributed by atoms with E-state index in [9.17, 15) is 0 Å². The van der Waals surface area contributed by atoms with E-state index in [4.69, 9.17) is 10.5 Å². The molecule has 0 aliphatic heterocycles. The van der Waals surface area contributed by atoms with Crippen LogP contribution >= 0.6 is 0 Å². The van der Waals surface area contributed by atoms with Crippen molar-refractivity contribution < 1.29 is 4.74 Å². The van der Waals surface area contributed by atoms with E-state index in [-0.39, 0.29) is 6.10 Å². The summed E-state index contributed by atoms with van der Waals surface area (Å²) in [7, 11) is 1.76. The Morgan fingerprint density at radius 2 is 2.16 bits per heavy atom. The number of anilines is 1. The van der Waals surface area contributed by atoms with Crippen molar-refractivity contribution in [1.82, 2.24) is 9.97 Å². The number of hydrogen-bond acceptors (Lipinski definition) is 5. The van der Waals surface area contributed by atoms with Gasteiger partial charge in [0.25, 0.3) is 0 Å². The van der Waals surface area contributed by atoms with Crippen molar-refractivity contribution in [2.45, 2.75) is 39.2 Å². The summed E-state index contributed by atoms with van der Waals surface area (Å²) in [5.41, 5.74) is 6.59. The molecule has 0 radical (unpaired) electrons. The van der Waals surface area contributed by atoms with Crippen LogP contribution in [-0.4, -0.2) is 42.8 Å². The number of likely N-dealkylation sites (N-methyl/N-ethyl adjacent to an activating group) is 1. The number of methoxy groups -OCH3 is 1. The zero-order valence-corrected chi connectivity index (χ0v) is 12.3. The normalized spacial score (nSPS) is 12.4. The largest absolute Gasteiger partial charge is 0.380 e. The van der Waals surface area contributed by atoms with Crippen LogP contribution in [0.2, 0.25) is 0 Å². The van der Waals surface area contributed by atoms with E-state index in [1.807, 2.05) is 0 Å². The van der Waals surface area contributed by atoms with Gasteiger partial charge in [-0.2, -0.15) is 0 Å². The maximum Gasteiger partial charge on any atom is 0.132 e. The van der Waals surface area contributed by atoms with Crippen LogP contribution in [0.3, 0.4) is 0 Å². The zero-order chi connectivity index (χ0) is 14.1. The molecule has 1 unspecified atom stereocenters. The minimum Gasteiger partial charge on any atom is -0.380 e. The Bertz CT molecular complexity index is 355. The first kappa shape index (κ1) is 15.9. The predicted molar refractivity (Wildman–Crippen MR) is 78.4 cm³/mol. The molecule has 1 aromatic heterocycles. The van der Waals surface area contributed by atoms with Gasteiger partial charge in [0.05, 0.1) is 6.10 Å². The van der Waals surface area contributed by atoms with E-state index in [0.29, 0.717) is 6.54 Å². The fourth-order valence-electron chi connectivity index (χ4n) is 1.98. The Kier molecular flexibility index (Phi) is 7.36. The van der Waals surface area contributed by atoms with E-state index in [0.717, 1.165) is 43.9 Å². The second kappa shape index (κ2) is 8.82. The first-order valence-corrected chi connectivity index (χ1v) is 7.03. The molecule has 0 spiro atoms. The van der Waals surface area contributed by atoms with Crippen molar-refractivity contribution in [2.24, 2.45) is 5.73 Å². The van der Waals surface area contributed by atoms with Crippen molar-refractivity contribution in [1.29, 1.82) is 0 Å². The Balaban J connectivity index is 2.74. The molecule has 0 aliphatic carbocycles. The SMILES string of the molecule is CCC(CN(CC)c1cc(CCCN)ncn1)OC. The Morgan fingerprint density at radius 3 is 2.74 bits per heavy atom. The Labute approximate surface area is 116 Å². The highest BCUT2D eigenvalue weighted by Crippen LogP contribution is 2.13. The monoisotopic (exact) mass is 266 g/mol. The van der Waals surface area contributed by atoms with E-state index in [1.165, 1.54) is 0 Å². The van der Waals surface area contributed by atoms with Crippen molar-refractivity contribution in [2.75, 3.05) is 31.6 Å². The lowest BCUT2D eigenvalue weighted by atomic mass is 10.2. The molecule has 1 rings (SSSR count). The first-order valence-electron chi connectivity index (χ1n) is 7.03. The van der Waals surface area contributed by atoms with Gasteiger partial charge in [-0.25, -0.2) is 9.97 Å². The molecule has 5 nitrogen and oxygen atoms in total. The third kappa shape index (κ3) is 5.12. The molecule has 0 fully saturated rings. The van der Waals surface area contributed by atoms with Crippen LogP contribution in [0.1, 0.15) is 32.4 Å². The summed E-state index contributed by atoms with van der Waals surface area (Å²) < 4.78 is 5.45. The minimum atomic E-state index is 0.238. The second-order valence-electron chi connectivity index (χ2n) is 4.56. The lowest BCUT2D eigenvalue weighted by molar-refractivity contribution is 0.104. The van der Waals surface area contributed by atoms with E-state index in [1.54, 1.807) is 13.4 Å². The van der Waals surface area contributed by atoms with Crippen LogP contribution in [-0.2, 0) is 11.2 Å². The van der Waals surface area contributed by atoms with Gasteiger partial charge < -0.3 is 15.4 Å². The molecule has 1 heterocycles. The smallest absolute Gasteiger partial charge is 0.132 e. The molecule has 0 amide bonds. The summed E-state index contributed by atoms with van der Waals surface area (Å²) in [6, 6.07) is 2.06. The lowest BCUT2D eigenvalue weighted by Crippen LogP contribution is -2.33. The summed E-state index contributed by atoms with van der Waals surface area (Å²) in [5.74, 6) is 0.972. The van der Waals surface area contributed by atoms with Crippen molar-refractivity contribution >= 4 is 5.82 Å². The number of rotatable bonds is 9. The third-order valence-electron chi connectivity index (χ3n) is 3.26. The molecule has 2 N–H and O–H groups in total. The van der Waals surface area contributed by atoms with Gasteiger partial charge in [-0.1, -0.05) is 6.92 Å². The molecule has 0 aliphatic rings. The average molecular weight is 266 g/mol. The minimum absolute atomic E-state index is 0.238. The van der Waals surface area contributed by atoms with Gasteiger partial charge in [0.15, 0.2) is 0 Å². The molecule has 0 aromatic carbocycles. The predicted octanol–water partition coefficient (Wildman–Crippen LogP) is 1.62. The van der Waals surface area contributed by atoms with Gasteiger partial charge in [-0.3, -0.25) is 0 Å². The maximum absolute atomic E-state index is 5.53. The Hall–Kier alpha value is -1.20. The van der Waals surface area contributed by atoms with E-state index < -0.39 is 0 Å². The standard InChI is InChI=1S/C14H26N4O/c1-4-13(19-3)10-18(5-2)14-9-12(7-6-8-15)16-11-17-14/h9,11,13H,4-8,10,15H2,1-3H3. The molecule has 1 aromatic rings. The number of nitrogens with two attached hydrogens (primary N) is 1. The summed E-state index contributed by atoms with van der Waals surface area (Å²) >= 11 is 0. The Morgan fingerprint density at radius 1 is 1.37 bits per heavy atom. The fraction of sp³-hybridized carbons (Fsp3) is 0.714. The van der Waals surface area contributed by atoms with Crippen LogP contribution in [0.25, 0.3) is 0 Å². The van der Waals surface area contributed by atoms with Crippen LogP contribution in [0.4, 0.5) is 5.82 Å². The molecule has 5 heteroatoms. The summed E-state index contributed by atoms with van der Waals surface area (Å²) in [6.07, 6.45) is 4.74. The molecule has 0 saturated carbocycles. The van der Waals surface area contributed by atoms with Gasteiger partial charge in [0.2, 0.25) is 0 Å². The average Bonchev–Trinajstić information content (AvgIpc) is 2.47. The quantitative estimate of drug-likeness (QED) is 0.736. The number of aromatic nitrogens is 2. The van der Waals surface area contributed by atoms with Crippen LogP contribution in [0.5, 0.6) is 0 Å². The zero-order valence-electron chi connectivity index (χ0n) is 12.3. The fourth-order valence-corrected chi connectivity index (χ4v) is 1.98. The van der Waals surface area contributed by atoms with Crippen molar-refractivity contribution in [3.63, 3.8) is 0 Å². The number of nitrogens with zero attached hydrogens (tertiary/aromatic N) is 3. The molecular formula is C14H26N4O. The lowest BCUT2D eigenvalue weighted by Gasteiger charge is -2.26. The van der Waals surface area contributed by atoms with E-state index >= 15 is 0 Å². The molecular weight excluding hydrogens is 240 g/mol. The maximum atomic E-state index is 5.53. The molecule has 108 valence electrons. The highest BCUT2D eigenvalue weighted by molar-refractivity contribution is 5.38. The number of hydrogen-bond donors (Lipinski definition) is 1. The summed E-state index contributed by atoms with van der Waals surface area (Å²) in [6.45, 7) is 6.72. The third-order valence-corrected chi connectivity index (χ3v) is 3.26. The van der Waals surface area contributed by atoms with Gasteiger partial charge in [-0.05, 0) is 32.7 Å². The molecule has 0 bridgehead atoms. The molecule has 1 atom stereocenters. The van der Waals surface area contributed by atoms with Crippen LogP contribution in [0, 0.1) is 0 Å². The molecule has 0 saturated heterocycles. The number of ether oxygens (including phenoxy) is 1. The van der Waals surface area contributed by atoms with Crippen molar-refractivity contribution in [3.05, 3.63) is 18.1 Å².